The van der Waals surface area contributed by atoms with Crippen LogP contribution in [0.2, 0.25) is 0 Å². The third-order valence-electron chi connectivity index (χ3n) is 5.61. The fourth-order valence-electron chi connectivity index (χ4n) is 3.76. The van der Waals surface area contributed by atoms with E-state index in [0.29, 0.717) is 16.7 Å². The molecule has 0 spiro atoms. The highest BCUT2D eigenvalue weighted by Crippen LogP contribution is 2.22. The van der Waals surface area contributed by atoms with Crippen molar-refractivity contribution < 1.29 is 14.4 Å². The summed E-state index contributed by atoms with van der Waals surface area (Å²) in [7, 11) is 0. The molecule has 1 aliphatic rings. The monoisotopic (exact) mass is 447 g/mol. The minimum Gasteiger partial charge on any atom is -0.330 e. The first-order chi connectivity index (χ1) is 16.5. The molecule has 0 atom stereocenters. The number of allylic oxidation sites excluding steroid dienone is 1. The van der Waals surface area contributed by atoms with E-state index < -0.39 is 0 Å². The number of amides is 1. The molecule has 3 aromatic carbocycles. The summed E-state index contributed by atoms with van der Waals surface area (Å²) in [6, 6.07) is 26.3. The topological polar surface area (TPSA) is 54.5 Å². The van der Waals surface area contributed by atoms with Crippen LogP contribution >= 0.6 is 0 Å². The van der Waals surface area contributed by atoms with Crippen LogP contribution < -0.4 is 0 Å². The van der Waals surface area contributed by atoms with Crippen molar-refractivity contribution in [3.8, 4) is 0 Å². The molecule has 0 aliphatic carbocycles. The summed E-state index contributed by atoms with van der Waals surface area (Å²) in [6.07, 6.45) is 6.23. The summed E-state index contributed by atoms with van der Waals surface area (Å²) in [5, 5.41) is 0. The number of carbonyl (C=O) groups is 3. The van der Waals surface area contributed by atoms with Gasteiger partial charge in [0.2, 0.25) is 5.91 Å². The standard InChI is InChI=1S/C30H25NO3/c1-22-12-14-25(15-13-22)28(32)16-17-29(33)31-20-26(18-23-8-4-2-5-9-23)30(34)27(21-31)19-24-10-6-3-7-11-24/h2-19H,20-21H2,1H3/b17-16+,26-18+,27-19+. The average Bonchev–Trinajstić information content (AvgIpc) is 2.86. The van der Waals surface area contributed by atoms with Gasteiger partial charge >= 0.3 is 0 Å². The molecule has 1 aliphatic heterocycles. The Balaban J connectivity index is 1.60. The van der Waals surface area contributed by atoms with E-state index in [1.54, 1.807) is 17.0 Å². The third-order valence-corrected chi connectivity index (χ3v) is 5.61. The van der Waals surface area contributed by atoms with Crippen molar-refractivity contribution in [2.75, 3.05) is 13.1 Å². The van der Waals surface area contributed by atoms with Gasteiger partial charge in [0, 0.05) is 22.8 Å². The van der Waals surface area contributed by atoms with Crippen LogP contribution in [-0.4, -0.2) is 35.5 Å². The minimum absolute atomic E-state index is 0.0727. The fraction of sp³-hybridized carbons (Fsp3) is 0.100. The SMILES string of the molecule is Cc1ccc(C(=O)/C=C/C(=O)N2C/C(=C\c3ccccc3)C(=O)/C(=C/c3ccccc3)C2)cc1. The lowest BCUT2D eigenvalue weighted by molar-refractivity contribution is -0.126. The Bertz CT molecular complexity index is 1220. The number of rotatable bonds is 5. The molecule has 34 heavy (non-hydrogen) atoms. The number of carbonyl (C=O) groups excluding carboxylic acids is 3. The van der Waals surface area contributed by atoms with Crippen LogP contribution in [0.25, 0.3) is 12.2 Å². The van der Waals surface area contributed by atoms with E-state index >= 15 is 0 Å². The third kappa shape index (κ3) is 5.73. The van der Waals surface area contributed by atoms with Crippen LogP contribution in [0.4, 0.5) is 0 Å². The summed E-state index contributed by atoms with van der Waals surface area (Å²) >= 11 is 0. The Morgan fingerprint density at radius 2 is 1.21 bits per heavy atom. The van der Waals surface area contributed by atoms with Gasteiger partial charge in [0.05, 0.1) is 13.1 Å². The van der Waals surface area contributed by atoms with Gasteiger partial charge in [0.15, 0.2) is 11.6 Å². The molecular formula is C30H25NO3. The molecule has 168 valence electrons. The average molecular weight is 448 g/mol. The van der Waals surface area contributed by atoms with Crippen LogP contribution in [0.3, 0.4) is 0 Å². The number of likely N-dealkylation sites (tertiary alicyclic amines) is 1. The molecule has 0 N–H and O–H groups in total. The van der Waals surface area contributed by atoms with Crippen molar-refractivity contribution >= 4 is 29.6 Å². The quantitative estimate of drug-likeness (QED) is 0.393. The van der Waals surface area contributed by atoms with E-state index in [0.717, 1.165) is 16.7 Å². The first-order valence-electron chi connectivity index (χ1n) is 11.1. The number of piperidine rings is 1. The predicted molar refractivity (Wildman–Crippen MR) is 135 cm³/mol. The van der Waals surface area contributed by atoms with E-state index in [2.05, 4.69) is 0 Å². The molecule has 4 heteroatoms. The Hall–Kier alpha value is -4.31. The van der Waals surface area contributed by atoms with E-state index in [4.69, 9.17) is 0 Å². The first-order valence-corrected chi connectivity index (χ1v) is 11.1. The Morgan fingerprint density at radius 1 is 0.706 bits per heavy atom. The van der Waals surface area contributed by atoms with Gasteiger partial charge in [-0.15, -0.1) is 0 Å². The second-order valence-corrected chi connectivity index (χ2v) is 8.25. The van der Waals surface area contributed by atoms with Gasteiger partial charge in [-0.3, -0.25) is 14.4 Å². The summed E-state index contributed by atoms with van der Waals surface area (Å²) in [5.74, 6) is -0.621. The highest BCUT2D eigenvalue weighted by Gasteiger charge is 2.28. The molecule has 0 saturated carbocycles. The molecule has 1 amide bonds. The van der Waals surface area contributed by atoms with E-state index in [-0.39, 0.29) is 30.6 Å². The van der Waals surface area contributed by atoms with Crippen molar-refractivity contribution in [2.45, 2.75) is 6.92 Å². The summed E-state index contributed by atoms with van der Waals surface area (Å²) in [4.78, 5) is 40.3. The van der Waals surface area contributed by atoms with Crippen molar-refractivity contribution in [2.24, 2.45) is 0 Å². The number of nitrogens with zero attached hydrogens (tertiary/aromatic N) is 1. The maximum Gasteiger partial charge on any atom is 0.247 e. The number of Topliss-reactive ketones (excluding diaryl/α,β-unsaturated/α-hetero) is 1. The zero-order chi connectivity index (χ0) is 23.9. The van der Waals surface area contributed by atoms with Gasteiger partial charge in [-0.2, -0.15) is 0 Å². The van der Waals surface area contributed by atoms with Crippen molar-refractivity contribution in [1.82, 2.24) is 4.90 Å². The largest absolute Gasteiger partial charge is 0.330 e. The van der Waals surface area contributed by atoms with Gasteiger partial charge < -0.3 is 4.90 Å². The van der Waals surface area contributed by atoms with E-state index in [1.807, 2.05) is 91.9 Å². The molecule has 4 rings (SSSR count). The molecule has 1 saturated heterocycles. The maximum absolute atomic E-state index is 13.2. The molecule has 0 radical (unpaired) electrons. The number of benzene rings is 3. The second kappa shape index (κ2) is 10.5. The predicted octanol–water partition coefficient (Wildman–Crippen LogP) is 5.31. The van der Waals surface area contributed by atoms with Crippen molar-refractivity contribution in [1.29, 1.82) is 0 Å². The Morgan fingerprint density at radius 3 is 1.71 bits per heavy atom. The van der Waals surface area contributed by atoms with Crippen LogP contribution in [0.5, 0.6) is 0 Å². The normalized spacial score (nSPS) is 16.4. The van der Waals surface area contributed by atoms with Gasteiger partial charge in [-0.1, -0.05) is 90.5 Å². The molecule has 1 heterocycles. The highest BCUT2D eigenvalue weighted by molar-refractivity contribution is 6.16. The lowest BCUT2D eigenvalue weighted by Gasteiger charge is -2.29. The van der Waals surface area contributed by atoms with Crippen LogP contribution in [0.1, 0.15) is 27.0 Å². The van der Waals surface area contributed by atoms with Gasteiger partial charge in [-0.25, -0.2) is 0 Å². The van der Waals surface area contributed by atoms with Crippen LogP contribution in [-0.2, 0) is 9.59 Å². The highest BCUT2D eigenvalue weighted by atomic mass is 16.2. The van der Waals surface area contributed by atoms with Crippen molar-refractivity contribution in [3.63, 3.8) is 0 Å². The molecule has 3 aromatic rings. The first kappa shape index (κ1) is 22.9. The number of hydrogen-bond donors (Lipinski definition) is 0. The smallest absolute Gasteiger partial charge is 0.247 e. The molecule has 0 bridgehead atoms. The number of hydrogen-bond acceptors (Lipinski definition) is 3. The lowest BCUT2D eigenvalue weighted by atomic mass is 9.94. The van der Waals surface area contributed by atoms with Crippen molar-refractivity contribution in [3.05, 3.63) is 130 Å². The number of ketones is 2. The molecule has 0 aromatic heterocycles. The zero-order valence-electron chi connectivity index (χ0n) is 19.0. The van der Waals surface area contributed by atoms with E-state index in [1.165, 1.54) is 12.2 Å². The second-order valence-electron chi connectivity index (χ2n) is 8.25. The Kier molecular flexibility index (Phi) is 7.09. The number of aryl methyl sites for hydroxylation is 1. The zero-order valence-corrected chi connectivity index (χ0v) is 19.0. The summed E-state index contributed by atoms with van der Waals surface area (Å²) in [5.41, 5.74) is 4.44. The molecule has 0 unspecified atom stereocenters. The van der Waals surface area contributed by atoms with Crippen LogP contribution in [0, 0.1) is 6.92 Å². The molecule has 1 fully saturated rings. The summed E-state index contributed by atoms with van der Waals surface area (Å²) < 4.78 is 0. The van der Waals surface area contributed by atoms with Gasteiger partial charge in [0.1, 0.15) is 0 Å². The van der Waals surface area contributed by atoms with Crippen LogP contribution in [0.15, 0.2) is 108 Å². The van der Waals surface area contributed by atoms with Gasteiger partial charge in [-0.05, 0) is 36.3 Å². The Labute approximate surface area is 199 Å². The summed E-state index contributed by atoms with van der Waals surface area (Å²) in [6.45, 7) is 2.32. The lowest BCUT2D eigenvalue weighted by Crippen LogP contribution is -2.40. The van der Waals surface area contributed by atoms with Gasteiger partial charge in [0.25, 0.3) is 0 Å². The maximum atomic E-state index is 13.2. The fourth-order valence-corrected chi connectivity index (χ4v) is 3.76. The van der Waals surface area contributed by atoms with E-state index in [9.17, 15) is 14.4 Å². The minimum atomic E-state index is -0.314. The molecule has 4 nitrogen and oxygen atoms in total. The molecular weight excluding hydrogens is 422 g/mol.